The smallest absolute Gasteiger partial charge is 0.410 e. The molecular weight excluding hydrogens is 230 g/mol. The van der Waals surface area contributed by atoms with Crippen molar-refractivity contribution in [3.05, 3.63) is 35.9 Å². The Labute approximate surface area is 106 Å². The zero-order chi connectivity index (χ0) is 12.4. The predicted octanol–water partition coefficient (Wildman–Crippen LogP) is 2.05. The summed E-state index contributed by atoms with van der Waals surface area (Å²) in [7, 11) is 0. The monoisotopic (exact) mass is 247 g/mol. The van der Waals surface area contributed by atoms with Crippen LogP contribution in [0.1, 0.15) is 12.0 Å². The third kappa shape index (κ3) is 2.20. The second-order valence-electron chi connectivity index (χ2n) is 5.20. The Kier molecular flexibility index (Phi) is 2.96. The summed E-state index contributed by atoms with van der Waals surface area (Å²) in [6.07, 6.45) is 0.829. The third-order valence-electron chi connectivity index (χ3n) is 3.72. The number of likely N-dealkylation sites (tertiary alicyclic amines) is 1. The highest BCUT2D eigenvalue weighted by Crippen LogP contribution is 2.37. The van der Waals surface area contributed by atoms with Crippen LogP contribution in [0.2, 0.25) is 0 Å². The first-order valence-corrected chi connectivity index (χ1v) is 6.31. The van der Waals surface area contributed by atoms with Crippen molar-refractivity contribution in [2.75, 3.05) is 26.3 Å². The van der Waals surface area contributed by atoms with Gasteiger partial charge < -0.3 is 14.4 Å². The number of ether oxygens (including phenoxy) is 2. The van der Waals surface area contributed by atoms with E-state index in [9.17, 15) is 4.79 Å². The van der Waals surface area contributed by atoms with Gasteiger partial charge in [0, 0.05) is 18.5 Å². The molecule has 0 N–H and O–H groups in total. The predicted molar refractivity (Wildman–Crippen MR) is 66.1 cm³/mol. The van der Waals surface area contributed by atoms with Crippen LogP contribution < -0.4 is 0 Å². The van der Waals surface area contributed by atoms with Crippen LogP contribution in [-0.2, 0) is 16.1 Å². The average Bonchev–Trinajstić information content (AvgIpc) is 2.82. The second kappa shape index (κ2) is 4.61. The van der Waals surface area contributed by atoms with E-state index in [4.69, 9.17) is 9.47 Å². The van der Waals surface area contributed by atoms with Gasteiger partial charge in [0.05, 0.1) is 13.2 Å². The molecule has 1 aromatic rings. The van der Waals surface area contributed by atoms with Crippen LogP contribution >= 0.6 is 0 Å². The van der Waals surface area contributed by atoms with Gasteiger partial charge in [0.1, 0.15) is 6.61 Å². The normalized spacial score (nSPS) is 20.8. The molecular formula is C14H17NO3. The summed E-state index contributed by atoms with van der Waals surface area (Å²) in [4.78, 5) is 13.7. The van der Waals surface area contributed by atoms with Gasteiger partial charge in [-0.2, -0.15) is 0 Å². The summed E-state index contributed by atoms with van der Waals surface area (Å²) >= 11 is 0. The molecule has 2 fully saturated rings. The lowest BCUT2D eigenvalue weighted by Crippen LogP contribution is -2.45. The number of nitrogens with zero attached hydrogens (tertiary/aromatic N) is 1. The number of amides is 1. The zero-order valence-corrected chi connectivity index (χ0v) is 10.3. The third-order valence-corrected chi connectivity index (χ3v) is 3.72. The quantitative estimate of drug-likeness (QED) is 0.802. The lowest BCUT2D eigenvalue weighted by Gasteiger charge is -2.37. The average molecular weight is 247 g/mol. The molecule has 96 valence electrons. The van der Waals surface area contributed by atoms with Crippen molar-refractivity contribution in [1.29, 1.82) is 0 Å². The van der Waals surface area contributed by atoms with Crippen LogP contribution in [0.5, 0.6) is 0 Å². The van der Waals surface area contributed by atoms with Gasteiger partial charge in [0.2, 0.25) is 0 Å². The molecule has 4 heteroatoms. The lowest BCUT2D eigenvalue weighted by atomic mass is 9.85. The molecule has 0 bridgehead atoms. The van der Waals surface area contributed by atoms with E-state index in [1.54, 1.807) is 4.90 Å². The molecule has 1 amide bonds. The Bertz CT molecular complexity index is 428. The minimum absolute atomic E-state index is 0.206. The van der Waals surface area contributed by atoms with E-state index in [1.165, 1.54) is 0 Å². The topological polar surface area (TPSA) is 38.8 Å². The van der Waals surface area contributed by atoms with Gasteiger partial charge in [0.15, 0.2) is 0 Å². The molecule has 0 aromatic heterocycles. The van der Waals surface area contributed by atoms with Gasteiger partial charge in [-0.1, -0.05) is 30.3 Å². The molecule has 2 saturated heterocycles. The number of carbonyl (C=O) groups excluding carboxylic acids is 1. The molecule has 4 nitrogen and oxygen atoms in total. The van der Waals surface area contributed by atoms with Crippen molar-refractivity contribution in [2.45, 2.75) is 13.0 Å². The van der Waals surface area contributed by atoms with E-state index >= 15 is 0 Å². The fraction of sp³-hybridized carbons (Fsp3) is 0.500. The van der Waals surface area contributed by atoms with Crippen LogP contribution in [-0.4, -0.2) is 37.3 Å². The first-order chi connectivity index (χ1) is 8.77. The van der Waals surface area contributed by atoms with E-state index in [-0.39, 0.29) is 11.5 Å². The van der Waals surface area contributed by atoms with Gasteiger partial charge in [-0.05, 0) is 12.0 Å². The van der Waals surface area contributed by atoms with Crippen LogP contribution in [0.4, 0.5) is 4.79 Å². The van der Waals surface area contributed by atoms with Crippen molar-refractivity contribution in [3.63, 3.8) is 0 Å². The Morgan fingerprint density at radius 3 is 2.72 bits per heavy atom. The van der Waals surface area contributed by atoms with E-state index < -0.39 is 0 Å². The molecule has 1 spiro atoms. The molecule has 0 radical (unpaired) electrons. The molecule has 2 aliphatic rings. The number of benzene rings is 1. The summed E-state index contributed by atoms with van der Waals surface area (Å²) in [6.45, 7) is 3.49. The molecule has 0 atom stereocenters. The Balaban J connectivity index is 1.50. The lowest BCUT2D eigenvalue weighted by molar-refractivity contribution is -0.104. The second-order valence-corrected chi connectivity index (χ2v) is 5.20. The van der Waals surface area contributed by atoms with Gasteiger partial charge >= 0.3 is 6.09 Å². The first kappa shape index (κ1) is 11.5. The highest BCUT2D eigenvalue weighted by molar-refractivity contribution is 5.68. The summed E-state index contributed by atoms with van der Waals surface area (Å²) in [6, 6.07) is 9.75. The summed E-state index contributed by atoms with van der Waals surface area (Å²) < 4.78 is 10.6. The van der Waals surface area contributed by atoms with Gasteiger partial charge in [-0.25, -0.2) is 4.79 Å². The molecule has 2 heterocycles. The summed E-state index contributed by atoms with van der Waals surface area (Å²) in [5.74, 6) is 0. The van der Waals surface area contributed by atoms with Gasteiger partial charge in [-0.3, -0.25) is 0 Å². The summed E-state index contributed by atoms with van der Waals surface area (Å²) in [5, 5.41) is 0. The number of hydrogen-bond acceptors (Lipinski definition) is 3. The standard InChI is InChI=1S/C14H17NO3/c16-13(18-8-12-4-2-1-3-5-12)15-7-6-14(9-15)10-17-11-14/h1-5H,6-11H2. The van der Waals surface area contributed by atoms with E-state index in [0.29, 0.717) is 6.61 Å². The fourth-order valence-electron chi connectivity index (χ4n) is 2.53. The van der Waals surface area contributed by atoms with Crippen LogP contribution in [0, 0.1) is 5.41 Å². The van der Waals surface area contributed by atoms with E-state index in [1.807, 2.05) is 30.3 Å². The molecule has 18 heavy (non-hydrogen) atoms. The maximum Gasteiger partial charge on any atom is 0.410 e. The fourth-order valence-corrected chi connectivity index (χ4v) is 2.53. The summed E-state index contributed by atoms with van der Waals surface area (Å²) in [5.41, 5.74) is 1.25. The van der Waals surface area contributed by atoms with Crippen molar-refractivity contribution < 1.29 is 14.3 Å². The van der Waals surface area contributed by atoms with Crippen molar-refractivity contribution >= 4 is 6.09 Å². The zero-order valence-electron chi connectivity index (χ0n) is 10.3. The molecule has 3 rings (SSSR count). The molecule has 0 saturated carbocycles. The molecule has 1 aromatic carbocycles. The molecule has 0 unspecified atom stereocenters. The Morgan fingerprint density at radius 2 is 2.11 bits per heavy atom. The number of rotatable bonds is 2. The largest absolute Gasteiger partial charge is 0.445 e. The van der Waals surface area contributed by atoms with Crippen LogP contribution in [0.25, 0.3) is 0 Å². The van der Waals surface area contributed by atoms with Gasteiger partial charge in [-0.15, -0.1) is 0 Å². The van der Waals surface area contributed by atoms with Crippen LogP contribution in [0.15, 0.2) is 30.3 Å². The maximum absolute atomic E-state index is 11.9. The Hall–Kier alpha value is -1.55. The van der Waals surface area contributed by atoms with Crippen molar-refractivity contribution in [3.8, 4) is 0 Å². The highest BCUT2D eigenvalue weighted by Gasteiger charge is 2.46. The van der Waals surface area contributed by atoms with Gasteiger partial charge in [0.25, 0.3) is 0 Å². The minimum Gasteiger partial charge on any atom is -0.445 e. The SMILES string of the molecule is O=C(OCc1ccccc1)N1CCC2(COC2)C1. The number of hydrogen-bond donors (Lipinski definition) is 0. The molecule has 2 aliphatic heterocycles. The molecule has 0 aliphatic carbocycles. The first-order valence-electron chi connectivity index (χ1n) is 6.31. The van der Waals surface area contributed by atoms with Crippen molar-refractivity contribution in [2.24, 2.45) is 5.41 Å². The van der Waals surface area contributed by atoms with Crippen molar-refractivity contribution in [1.82, 2.24) is 4.90 Å². The highest BCUT2D eigenvalue weighted by atomic mass is 16.6. The van der Waals surface area contributed by atoms with E-state index in [0.717, 1.165) is 38.3 Å². The number of carbonyl (C=O) groups is 1. The van der Waals surface area contributed by atoms with E-state index in [2.05, 4.69) is 0 Å². The minimum atomic E-state index is -0.206. The van der Waals surface area contributed by atoms with Crippen LogP contribution in [0.3, 0.4) is 0 Å². The maximum atomic E-state index is 11.9. The Morgan fingerprint density at radius 1 is 1.33 bits per heavy atom.